The Balaban J connectivity index is 2.20. The van der Waals surface area contributed by atoms with Crippen LogP contribution in [0, 0.1) is 0 Å². The summed E-state index contributed by atoms with van der Waals surface area (Å²) in [6.45, 7) is 0. The van der Waals surface area contributed by atoms with Gasteiger partial charge in [-0.2, -0.15) is 0 Å². The van der Waals surface area contributed by atoms with E-state index in [2.05, 4.69) is 15.9 Å². The first-order valence-corrected chi connectivity index (χ1v) is 8.86. The number of primary amides is 1. The number of hydrogen-bond donors (Lipinski definition) is 2. The Morgan fingerprint density at radius 1 is 0.828 bits per heavy atom. The van der Waals surface area contributed by atoms with Crippen molar-refractivity contribution in [2.45, 2.75) is 0 Å². The third-order valence-electron chi connectivity index (χ3n) is 3.44. The summed E-state index contributed by atoms with van der Waals surface area (Å²) < 4.78 is 0. The molecule has 1 aromatic rings. The molecule has 1 aliphatic heterocycles. The summed E-state index contributed by atoms with van der Waals surface area (Å²) in [5, 5.41) is 7.45. The Labute approximate surface area is 170 Å². The second kappa shape index (κ2) is 13.1. The van der Waals surface area contributed by atoms with E-state index in [0.717, 1.165) is 5.56 Å². The quantitative estimate of drug-likeness (QED) is 0.735. The van der Waals surface area contributed by atoms with Crippen molar-refractivity contribution >= 4 is 12.0 Å². The average molecular weight is 386 g/mol. The number of carbonyl (C=O) groups is 1. The maximum atomic E-state index is 11.5. The van der Waals surface area contributed by atoms with Crippen molar-refractivity contribution in [1.29, 1.82) is 0 Å². The Morgan fingerprint density at radius 2 is 1.45 bits per heavy atom. The fourth-order valence-corrected chi connectivity index (χ4v) is 2.07. The van der Waals surface area contributed by atoms with Gasteiger partial charge in [0.2, 0.25) is 5.91 Å². The molecule has 0 fully saturated rings. The number of nitrogens with zero attached hydrogens (tertiary/aromatic N) is 2. The fraction of sp³-hybridized carbons (Fsp3) is 0. The van der Waals surface area contributed by atoms with Crippen LogP contribution in [0.5, 0.6) is 5.75 Å². The van der Waals surface area contributed by atoms with Crippen molar-refractivity contribution in [2.75, 3.05) is 0 Å². The predicted molar refractivity (Wildman–Crippen MR) is 116 cm³/mol. The fourth-order valence-electron chi connectivity index (χ4n) is 2.07. The molecule has 0 unspecified atom stereocenters. The summed E-state index contributed by atoms with van der Waals surface area (Å²) in [6.07, 6.45) is 26.9. The van der Waals surface area contributed by atoms with E-state index in [1.807, 2.05) is 79.0 Å². The lowest BCUT2D eigenvalue weighted by Gasteiger charge is -2.05. The molecule has 0 saturated heterocycles. The molecule has 1 amide bonds. The number of nitrogens with one attached hydrogen (secondary N) is 1. The van der Waals surface area contributed by atoms with Crippen molar-refractivity contribution in [3.63, 3.8) is 0 Å². The zero-order chi connectivity index (χ0) is 20.6. The zero-order valence-electron chi connectivity index (χ0n) is 15.8. The molecule has 2 rings (SSSR count). The minimum Gasteiger partial charge on any atom is -0.366 e. The van der Waals surface area contributed by atoms with Crippen LogP contribution in [-0.2, 0) is 4.79 Å². The van der Waals surface area contributed by atoms with Crippen LogP contribution in [0.3, 0.4) is 0 Å². The highest BCUT2D eigenvalue weighted by atomic mass is 16.7. The van der Waals surface area contributed by atoms with Crippen LogP contribution in [0.25, 0.3) is 6.08 Å². The topological polar surface area (TPSA) is 89.1 Å². The molecule has 146 valence electrons. The zero-order valence-corrected chi connectivity index (χ0v) is 15.8. The Kier molecular flexibility index (Phi) is 9.50. The molecule has 3 N–H and O–H groups in total. The summed E-state index contributed by atoms with van der Waals surface area (Å²) in [5.74, 6) is 0.0258. The Hall–Kier alpha value is -4.19. The first kappa shape index (κ1) is 21.1. The van der Waals surface area contributed by atoms with Crippen molar-refractivity contribution in [1.82, 2.24) is 5.59 Å². The average Bonchev–Trinajstić information content (AvgIpc) is 2.72. The molecule has 6 heteroatoms. The number of rotatable bonds is 1. The molecule has 0 atom stereocenters. The van der Waals surface area contributed by atoms with Crippen LogP contribution in [0.1, 0.15) is 5.56 Å². The summed E-state index contributed by atoms with van der Waals surface area (Å²) in [5.41, 5.74) is 8.91. The number of hydrogen-bond acceptors (Lipinski definition) is 5. The molecule has 0 aromatic heterocycles. The van der Waals surface area contributed by atoms with Crippen molar-refractivity contribution in [3.8, 4) is 5.75 Å². The minimum absolute atomic E-state index is 0.289. The van der Waals surface area contributed by atoms with Crippen molar-refractivity contribution in [3.05, 3.63) is 121 Å². The van der Waals surface area contributed by atoms with Gasteiger partial charge >= 0.3 is 0 Å². The molecule has 0 spiro atoms. The van der Waals surface area contributed by atoms with Crippen LogP contribution >= 0.6 is 0 Å². The number of nitrogens with two attached hydrogens (primary N) is 1. The summed E-state index contributed by atoms with van der Waals surface area (Å²) in [6, 6.07) is 7.49. The van der Waals surface area contributed by atoms with Gasteiger partial charge in [-0.05, 0) is 23.4 Å². The standard InChI is InChI=1S/C23H22N4O2/c24-23(28)21-16-11-9-7-5-3-1-2-4-6-8-10-14-20-15-12-13-17-22(20)29-27-26-25-19-18-21/h1-19H,(H2,24,28)(H,25,27)/b3-1-,4-2-,7-5-,8-6+,11-9-,14-10-,19-18?,21-16?. The maximum Gasteiger partial charge on any atom is 0.248 e. The van der Waals surface area contributed by atoms with Gasteiger partial charge in [-0.1, -0.05) is 91.1 Å². The lowest BCUT2D eigenvalue weighted by Crippen LogP contribution is -2.12. The molecule has 29 heavy (non-hydrogen) atoms. The highest BCUT2D eigenvalue weighted by Gasteiger charge is 1.99. The lowest BCUT2D eigenvalue weighted by atomic mass is 10.2. The van der Waals surface area contributed by atoms with E-state index in [4.69, 9.17) is 10.6 Å². The van der Waals surface area contributed by atoms with Gasteiger partial charge in [0.05, 0.1) is 6.20 Å². The third kappa shape index (κ3) is 8.83. The first-order chi connectivity index (χ1) is 14.3. The maximum absolute atomic E-state index is 11.5. The second-order valence-electron chi connectivity index (χ2n) is 5.53. The molecule has 1 aliphatic rings. The Bertz CT molecular complexity index is 945. The van der Waals surface area contributed by atoms with E-state index in [-0.39, 0.29) is 5.57 Å². The van der Waals surface area contributed by atoms with Crippen LogP contribution in [0.4, 0.5) is 0 Å². The molecule has 6 nitrogen and oxygen atoms in total. The van der Waals surface area contributed by atoms with Crippen LogP contribution in [-0.4, -0.2) is 5.91 Å². The van der Waals surface area contributed by atoms with E-state index in [1.165, 1.54) is 12.3 Å². The monoisotopic (exact) mass is 386 g/mol. The molecular formula is C23H22N4O2. The van der Waals surface area contributed by atoms with Crippen molar-refractivity contribution in [2.24, 2.45) is 16.1 Å². The van der Waals surface area contributed by atoms with Gasteiger partial charge in [-0.15, -0.1) is 10.7 Å². The van der Waals surface area contributed by atoms with Gasteiger partial charge in [0.1, 0.15) is 0 Å². The number of fused-ring (bicyclic) bond motifs is 1. The van der Waals surface area contributed by atoms with Gasteiger partial charge < -0.3 is 10.6 Å². The van der Waals surface area contributed by atoms with E-state index >= 15 is 0 Å². The number of benzene rings is 1. The largest absolute Gasteiger partial charge is 0.366 e. The summed E-state index contributed by atoms with van der Waals surface area (Å²) in [4.78, 5) is 16.9. The molecule has 0 aliphatic carbocycles. The van der Waals surface area contributed by atoms with Crippen LogP contribution in [0.2, 0.25) is 0 Å². The van der Waals surface area contributed by atoms with E-state index in [0.29, 0.717) is 5.75 Å². The summed E-state index contributed by atoms with van der Waals surface area (Å²) >= 11 is 0. The molecule has 1 aromatic carbocycles. The highest BCUT2D eigenvalue weighted by Crippen LogP contribution is 2.18. The number of carbonyl (C=O) groups excluding carboxylic acids is 1. The normalized spacial score (nSPS) is 21.4. The molecule has 1 heterocycles. The van der Waals surface area contributed by atoms with Crippen LogP contribution in [0.15, 0.2) is 125 Å². The molecule has 0 radical (unpaired) electrons. The van der Waals surface area contributed by atoms with Gasteiger partial charge in [0.15, 0.2) is 5.75 Å². The third-order valence-corrected chi connectivity index (χ3v) is 3.44. The smallest absolute Gasteiger partial charge is 0.248 e. The van der Waals surface area contributed by atoms with Crippen molar-refractivity contribution < 1.29 is 9.63 Å². The van der Waals surface area contributed by atoms with E-state index < -0.39 is 5.91 Å². The highest BCUT2D eigenvalue weighted by molar-refractivity contribution is 5.95. The molecule has 0 bridgehead atoms. The predicted octanol–water partition coefficient (Wildman–Crippen LogP) is 4.67. The molecular weight excluding hydrogens is 364 g/mol. The number of allylic oxidation sites excluding steroid dienone is 12. The SMILES string of the molecule is NC(=O)C1=C\C=C/C=C\C=C/C=C\C=C\C=C/c2ccccc2ONN=NC=C1. The van der Waals surface area contributed by atoms with Gasteiger partial charge in [-0.3, -0.25) is 4.79 Å². The Morgan fingerprint density at radius 3 is 2.14 bits per heavy atom. The lowest BCUT2D eigenvalue weighted by molar-refractivity contribution is -0.114. The second-order valence-corrected chi connectivity index (χ2v) is 5.53. The van der Waals surface area contributed by atoms with E-state index in [1.54, 1.807) is 24.3 Å². The first-order valence-electron chi connectivity index (χ1n) is 8.86. The van der Waals surface area contributed by atoms with Crippen LogP contribution < -0.4 is 16.2 Å². The van der Waals surface area contributed by atoms with Gasteiger partial charge in [0, 0.05) is 11.1 Å². The molecule has 0 saturated carbocycles. The van der Waals surface area contributed by atoms with E-state index in [9.17, 15) is 4.79 Å². The summed E-state index contributed by atoms with van der Waals surface area (Å²) in [7, 11) is 0. The number of amides is 1. The van der Waals surface area contributed by atoms with Gasteiger partial charge in [-0.25, -0.2) is 0 Å². The van der Waals surface area contributed by atoms with Gasteiger partial charge in [0.25, 0.3) is 0 Å². The minimum atomic E-state index is -0.567. The number of para-hydroxylation sites is 1.